The Hall–Kier alpha value is -3.99. The molecule has 0 saturated carbocycles. The predicted molar refractivity (Wildman–Crippen MR) is 128 cm³/mol. The third-order valence-corrected chi connectivity index (χ3v) is 6.34. The van der Waals surface area contributed by atoms with Crippen LogP contribution in [-0.4, -0.2) is 39.9 Å². The molecule has 1 aliphatic rings. The average Bonchev–Trinajstić information content (AvgIpc) is 3.37. The van der Waals surface area contributed by atoms with Crippen LogP contribution >= 0.6 is 0 Å². The normalized spacial score (nSPS) is 14.7. The number of pyridine rings is 1. The lowest BCUT2D eigenvalue weighted by Gasteiger charge is -2.23. The van der Waals surface area contributed by atoms with E-state index >= 15 is 0 Å². The van der Waals surface area contributed by atoms with Gasteiger partial charge in [0, 0.05) is 42.0 Å². The summed E-state index contributed by atoms with van der Waals surface area (Å²) in [6.45, 7) is 1.11. The van der Waals surface area contributed by atoms with Gasteiger partial charge in [0.05, 0.1) is 12.7 Å². The van der Waals surface area contributed by atoms with E-state index in [1.165, 1.54) is 41.1 Å². The van der Waals surface area contributed by atoms with Crippen molar-refractivity contribution in [1.82, 2.24) is 20.1 Å². The highest BCUT2D eigenvalue weighted by Gasteiger charge is 2.36. The lowest BCUT2D eigenvalue weighted by atomic mass is 10.0. The molecule has 4 aromatic rings. The molecule has 1 fully saturated rings. The summed E-state index contributed by atoms with van der Waals surface area (Å²) in [5.41, 5.74) is -0.655. The van der Waals surface area contributed by atoms with Crippen molar-refractivity contribution in [3.63, 3.8) is 0 Å². The Morgan fingerprint density at radius 3 is 2.68 bits per heavy atom. The van der Waals surface area contributed by atoms with E-state index in [2.05, 4.69) is 10.4 Å². The number of benzene rings is 2. The molecule has 0 spiro atoms. The van der Waals surface area contributed by atoms with Crippen molar-refractivity contribution < 1.29 is 27.1 Å². The van der Waals surface area contributed by atoms with Crippen LogP contribution in [-0.2, 0) is 17.5 Å². The van der Waals surface area contributed by atoms with E-state index in [9.17, 15) is 27.2 Å². The van der Waals surface area contributed by atoms with E-state index in [1.807, 2.05) is 5.10 Å². The van der Waals surface area contributed by atoms with Crippen LogP contribution in [0.4, 0.5) is 17.6 Å². The average molecular weight is 514 g/mol. The summed E-state index contributed by atoms with van der Waals surface area (Å²) in [6, 6.07) is 9.86. The monoisotopic (exact) mass is 514 g/mol. The molecule has 0 bridgehead atoms. The highest BCUT2D eigenvalue weighted by Crippen LogP contribution is 2.36. The van der Waals surface area contributed by atoms with Crippen molar-refractivity contribution in [1.29, 1.82) is 0 Å². The second-order valence-electron chi connectivity index (χ2n) is 8.92. The van der Waals surface area contributed by atoms with Crippen molar-refractivity contribution in [2.24, 2.45) is 0 Å². The van der Waals surface area contributed by atoms with Gasteiger partial charge in [-0.2, -0.15) is 18.3 Å². The minimum Gasteiger partial charge on any atom is -0.381 e. The summed E-state index contributed by atoms with van der Waals surface area (Å²) in [4.78, 5) is 25.8. The van der Waals surface area contributed by atoms with Crippen LogP contribution in [0.3, 0.4) is 0 Å². The maximum Gasteiger partial charge on any atom is 0.433 e. The molecule has 2 aromatic heterocycles. The first-order valence-electron chi connectivity index (χ1n) is 11.6. The van der Waals surface area contributed by atoms with Gasteiger partial charge in [-0.25, -0.2) is 4.39 Å². The molecule has 0 unspecified atom stereocenters. The molecule has 1 amide bonds. The smallest absolute Gasteiger partial charge is 0.381 e. The zero-order valence-electron chi connectivity index (χ0n) is 19.4. The van der Waals surface area contributed by atoms with Crippen molar-refractivity contribution in [2.75, 3.05) is 13.2 Å². The summed E-state index contributed by atoms with van der Waals surface area (Å²) in [7, 11) is 0. The molecule has 2 aromatic carbocycles. The molecule has 0 radical (unpaired) electrons. The van der Waals surface area contributed by atoms with E-state index in [4.69, 9.17) is 4.74 Å². The fraction of sp³-hybridized carbons (Fsp3) is 0.269. The van der Waals surface area contributed by atoms with E-state index in [-0.39, 0.29) is 34.7 Å². The molecule has 0 atom stereocenters. The zero-order valence-corrected chi connectivity index (χ0v) is 19.4. The molecule has 3 heterocycles. The molecule has 11 heteroatoms. The number of nitrogens with zero attached hydrogens (tertiary/aromatic N) is 2. The Bertz CT molecular complexity index is 1520. The Morgan fingerprint density at radius 2 is 1.92 bits per heavy atom. The topological polar surface area (TPSA) is 89.0 Å². The van der Waals surface area contributed by atoms with E-state index in [0.717, 1.165) is 12.3 Å². The number of carbonyl (C=O) groups is 1. The molecule has 5 rings (SSSR count). The maximum atomic E-state index is 14.3. The number of amides is 1. The summed E-state index contributed by atoms with van der Waals surface area (Å²) < 4.78 is 60.7. The highest BCUT2D eigenvalue weighted by molar-refractivity contribution is 5.94. The lowest BCUT2D eigenvalue weighted by Crippen LogP contribution is -2.39. The summed E-state index contributed by atoms with van der Waals surface area (Å²) in [6.07, 6.45) is -0.664. The van der Waals surface area contributed by atoms with Crippen LogP contribution in [0.15, 0.2) is 59.7 Å². The third-order valence-electron chi connectivity index (χ3n) is 6.34. The first kappa shape index (κ1) is 24.7. The van der Waals surface area contributed by atoms with Gasteiger partial charge in [-0.15, -0.1) is 0 Å². The second-order valence-corrected chi connectivity index (χ2v) is 8.92. The van der Waals surface area contributed by atoms with Crippen molar-refractivity contribution in [3.05, 3.63) is 87.9 Å². The van der Waals surface area contributed by atoms with Crippen LogP contribution in [0.2, 0.25) is 0 Å². The SMILES string of the molecule is O=C(NC1CCOCC1)c1cc(F)cc(Cn2ccc3cc(-c4cn[nH]c4C(F)(F)F)ccc3c2=O)c1. The second kappa shape index (κ2) is 9.81. The van der Waals surface area contributed by atoms with E-state index in [1.54, 1.807) is 6.07 Å². The highest BCUT2D eigenvalue weighted by atomic mass is 19.4. The van der Waals surface area contributed by atoms with Crippen LogP contribution in [0.25, 0.3) is 21.9 Å². The first-order valence-corrected chi connectivity index (χ1v) is 11.6. The Labute approximate surface area is 208 Å². The van der Waals surface area contributed by atoms with Gasteiger partial charge in [0.25, 0.3) is 11.5 Å². The molecular formula is C26H22F4N4O3. The third kappa shape index (κ3) is 5.26. The van der Waals surface area contributed by atoms with Crippen molar-refractivity contribution >= 4 is 16.7 Å². The van der Waals surface area contributed by atoms with Gasteiger partial charge in [-0.05, 0) is 65.8 Å². The Balaban J connectivity index is 1.41. The Kier molecular flexibility index (Phi) is 6.55. The number of aromatic amines is 1. The number of carbonyl (C=O) groups excluding carboxylic acids is 1. The van der Waals surface area contributed by atoms with E-state index < -0.39 is 29.2 Å². The zero-order chi connectivity index (χ0) is 26.2. The fourth-order valence-electron chi connectivity index (χ4n) is 4.48. The molecule has 192 valence electrons. The largest absolute Gasteiger partial charge is 0.433 e. The lowest BCUT2D eigenvalue weighted by molar-refractivity contribution is -0.140. The summed E-state index contributed by atoms with van der Waals surface area (Å²) in [5.74, 6) is -1.00. The van der Waals surface area contributed by atoms with E-state index in [0.29, 0.717) is 37.0 Å². The van der Waals surface area contributed by atoms with Crippen molar-refractivity contribution in [3.8, 4) is 11.1 Å². The molecule has 37 heavy (non-hydrogen) atoms. The van der Waals surface area contributed by atoms with Crippen LogP contribution < -0.4 is 10.9 Å². The first-order chi connectivity index (χ1) is 17.7. The molecule has 2 N–H and O–H groups in total. The van der Waals surface area contributed by atoms with Gasteiger partial charge < -0.3 is 14.6 Å². The summed E-state index contributed by atoms with van der Waals surface area (Å²) in [5, 5.41) is 9.11. The van der Waals surface area contributed by atoms with Gasteiger partial charge in [0.1, 0.15) is 11.5 Å². The number of H-pyrrole nitrogens is 1. The quantitative estimate of drug-likeness (QED) is 0.384. The predicted octanol–water partition coefficient (Wildman–Crippen LogP) is 4.51. The number of halogens is 4. The molecular weight excluding hydrogens is 492 g/mol. The molecule has 7 nitrogen and oxygen atoms in total. The van der Waals surface area contributed by atoms with Gasteiger partial charge in [-0.3, -0.25) is 14.7 Å². The Morgan fingerprint density at radius 1 is 1.14 bits per heavy atom. The maximum absolute atomic E-state index is 14.3. The number of hydrogen-bond acceptors (Lipinski definition) is 4. The number of fused-ring (bicyclic) bond motifs is 1. The van der Waals surface area contributed by atoms with Crippen LogP contribution in [0.5, 0.6) is 0 Å². The van der Waals surface area contributed by atoms with Crippen LogP contribution in [0, 0.1) is 5.82 Å². The van der Waals surface area contributed by atoms with Gasteiger partial charge in [0.15, 0.2) is 0 Å². The summed E-state index contributed by atoms with van der Waals surface area (Å²) >= 11 is 0. The number of aromatic nitrogens is 3. The van der Waals surface area contributed by atoms with Gasteiger partial charge in [-0.1, -0.05) is 6.07 Å². The molecule has 1 saturated heterocycles. The van der Waals surface area contributed by atoms with Gasteiger partial charge >= 0.3 is 6.18 Å². The van der Waals surface area contributed by atoms with Gasteiger partial charge in [0.2, 0.25) is 0 Å². The molecule has 0 aliphatic carbocycles. The number of alkyl halides is 3. The molecule has 1 aliphatic heterocycles. The minimum absolute atomic E-state index is 0.00574. The minimum atomic E-state index is -4.60. The number of nitrogens with one attached hydrogen (secondary N) is 2. The fourth-order valence-corrected chi connectivity index (χ4v) is 4.48. The van der Waals surface area contributed by atoms with Crippen molar-refractivity contribution in [2.45, 2.75) is 31.6 Å². The standard InChI is InChI=1S/C26H22F4N4O3/c27-19-10-15(9-18(12-19)24(35)32-20-4-7-37-8-5-20)14-34-6-3-17-11-16(1-2-21(17)25(34)36)22-13-31-33-23(22)26(28,29)30/h1-3,6,9-13,20H,4-5,7-8,14H2,(H,31,33)(H,32,35). The number of ether oxygens (including phenoxy) is 1. The number of hydrogen-bond donors (Lipinski definition) is 2. The van der Waals surface area contributed by atoms with Crippen LogP contribution in [0.1, 0.15) is 34.5 Å². The number of rotatable bonds is 5.